The molecule has 2 N–H and O–H groups in total. The van der Waals surface area contributed by atoms with Gasteiger partial charge in [-0.3, -0.25) is 0 Å². The molecule has 0 aromatic heterocycles. The smallest absolute Gasteiger partial charge is 0.123 e. The molecule has 0 spiro atoms. The molecule has 0 radical (unpaired) electrons. The maximum absolute atomic E-state index is 12.5. The highest BCUT2D eigenvalue weighted by molar-refractivity contribution is 5.48. The minimum absolute atomic E-state index is 0.197. The average molecular weight is 193 g/mol. The molecule has 0 aliphatic carbocycles. The SMILES string of the molecule is C[C@@H](N)CC/C=C/c1ccc(F)cc1. The van der Waals surface area contributed by atoms with Crippen LogP contribution >= 0.6 is 0 Å². The summed E-state index contributed by atoms with van der Waals surface area (Å²) >= 11 is 0. The van der Waals surface area contributed by atoms with Gasteiger partial charge in [0, 0.05) is 6.04 Å². The quantitative estimate of drug-likeness (QED) is 0.781. The molecule has 0 fully saturated rings. The Morgan fingerprint density at radius 1 is 1.36 bits per heavy atom. The van der Waals surface area contributed by atoms with Crippen LogP contribution in [0.3, 0.4) is 0 Å². The van der Waals surface area contributed by atoms with Crippen LogP contribution in [0.4, 0.5) is 4.39 Å². The van der Waals surface area contributed by atoms with E-state index in [2.05, 4.69) is 6.08 Å². The van der Waals surface area contributed by atoms with Crippen LogP contribution in [0, 0.1) is 5.82 Å². The molecular formula is C12H16FN. The van der Waals surface area contributed by atoms with Crippen molar-refractivity contribution in [1.82, 2.24) is 0 Å². The van der Waals surface area contributed by atoms with Gasteiger partial charge in [0.2, 0.25) is 0 Å². The summed E-state index contributed by atoms with van der Waals surface area (Å²) in [6, 6.07) is 6.69. The van der Waals surface area contributed by atoms with Crippen molar-refractivity contribution in [2.45, 2.75) is 25.8 Å². The predicted octanol–water partition coefficient (Wildman–Crippen LogP) is 2.97. The third-order valence-electron chi connectivity index (χ3n) is 1.97. The van der Waals surface area contributed by atoms with Crippen molar-refractivity contribution >= 4 is 6.08 Å². The molecule has 1 aromatic carbocycles. The van der Waals surface area contributed by atoms with Crippen LogP contribution in [0.2, 0.25) is 0 Å². The third kappa shape index (κ3) is 4.19. The molecule has 0 unspecified atom stereocenters. The fraction of sp³-hybridized carbons (Fsp3) is 0.333. The van der Waals surface area contributed by atoms with Crippen molar-refractivity contribution in [3.63, 3.8) is 0 Å². The fourth-order valence-electron chi connectivity index (χ4n) is 1.15. The van der Waals surface area contributed by atoms with Gasteiger partial charge in [0.15, 0.2) is 0 Å². The molecule has 0 heterocycles. The lowest BCUT2D eigenvalue weighted by molar-refractivity contribution is 0.628. The van der Waals surface area contributed by atoms with Gasteiger partial charge < -0.3 is 5.73 Å². The Morgan fingerprint density at radius 2 is 2.00 bits per heavy atom. The van der Waals surface area contributed by atoms with Gasteiger partial charge >= 0.3 is 0 Å². The first-order chi connectivity index (χ1) is 6.68. The van der Waals surface area contributed by atoms with Gasteiger partial charge in [-0.1, -0.05) is 24.3 Å². The summed E-state index contributed by atoms with van der Waals surface area (Å²) in [5.74, 6) is -0.197. The molecule has 2 heteroatoms. The molecule has 0 amide bonds. The van der Waals surface area contributed by atoms with Crippen LogP contribution in [-0.2, 0) is 0 Å². The summed E-state index contributed by atoms with van der Waals surface area (Å²) in [6.07, 6.45) is 6.01. The molecular weight excluding hydrogens is 177 g/mol. The van der Waals surface area contributed by atoms with E-state index >= 15 is 0 Å². The van der Waals surface area contributed by atoms with Gasteiger partial charge in [0.1, 0.15) is 5.82 Å². The van der Waals surface area contributed by atoms with E-state index in [0.717, 1.165) is 18.4 Å². The van der Waals surface area contributed by atoms with Crippen LogP contribution in [-0.4, -0.2) is 6.04 Å². The zero-order chi connectivity index (χ0) is 10.4. The molecule has 1 aromatic rings. The van der Waals surface area contributed by atoms with Crippen molar-refractivity contribution in [1.29, 1.82) is 0 Å². The van der Waals surface area contributed by atoms with E-state index in [4.69, 9.17) is 5.73 Å². The Bertz CT molecular complexity index is 288. The fourth-order valence-corrected chi connectivity index (χ4v) is 1.15. The lowest BCUT2D eigenvalue weighted by atomic mass is 10.1. The minimum Gasteiger partial charge on any atom is -0.328 e. The first-order valence-corrected chi connectivity index (χ1v) is 4.86. The Hall–Kier alpha value is -1.15. The van der Waals surface area contributed by atoms with E-state index in [0.29, 0.717) is 0 Å². The number of rotatable bonds is 4. The second-order valence-electron chi connectivity index (χ2n) is 3.51. The lowest BCUT2D eigenvalue weighted by Crippen LogP contribution is -2.13. The normalized spacial score (nSPS) is 13.4. The van der Waals surface area contributed by atoms with E-state index in [1.165, 1.54) is 12.1 Å². The van der Waals surface area contributed by atoms with E-state index in [9.17, 15) is 4.39 Å². The summed E-state index contributed by atoms with van der Waals surface area (Å²) in [6.45, 7) is 1.99. The molecule has 1 atom stereocenters. The van der Waals surface area contributed by atoms with Crippen molar-refractivity contribution < 1.29 is 4.39 Å². The van der Waals surface area contributed by atoms with Crippen molar-refractivity contribution in [2.75, 3.05) is 0 Å². The Labute approximate surface area is 84.4 Å². The Morgan fingerprint density at radius 3 is 2.57 bits per heavy atom. The number of allylic oxidation sites excluding steroid dienone is 1. The molecule has 0 saturated carbocycles. The number of nitrogens with two attached hydrogens (primary N) is 1. The highest BCUT2D eigenvalue weighted by Gasteiger charge is 1.91. The first kappa shape index (κ1) is 10.9. The maximum Gasteiger partial charge on any atom is 0.123 e. The van der Waals surface area contributed by atoms with Crippen LogP contribution < -0.4 is 5.73 Å². The zero-order valence-electron chi connectivity index (χ0n) is 8.41. The van der Waals surface area contributed by atoms with Gasteiger partial charge in [-0.25, -0.2) is 4.39 Å². The molecule has 0 aliphatic rings. The van der Waals surface area contributed by atoms with Gasteiger partial charge in [-0.2, -0.15) is 0 Å². The summed E-state index contributed by atoms with van der Waals surface area (Å²) < 4.78 is 12.5. The molecule has 0 aliphatic heterocycles. The van der Waals surface area contributed by atoms with Crippen LogP contribution in [0.5, 0.6) is 0 Å². The minimum atomic E-state index is -0.197. The maximum atomic E-state index is 12.5. The van der Waals surface area contributed by atoms with Gasteiger partial charge in [0.25, 0.3) is 0 Å². The number of hydrogen-bond donors (Lipinski definition) is 1. The standard InChI is InChI=1S/C12H16FN/c1-10(14)4-2-3-5-11-6-8-12(13)9-7-11/h3,5-10H,2,4,14H2,1H3/b5-3+/t10-/m1/s1. The lowest BCUT2D eigenvalue weighted by Gasteiger charge is -1.99. The molecule has 1 rings (SSSR count). The number of benzene rings is 1. The molecule has 0 bridgehead atoms. The van der Waals surface area contributed by atoms with Crippen molar-refractivity contribution in [3.05, 3.63) is 41.7 Å². The second-order valence-corrected chi connectivity index (χ2v) is 3.51. The van der Waals surface area contributed by atoms with E-state index in [1.54, 1.807) is 12.1 Å². The van der Waals surface area contributed by atoms with Crippen molar-refractivity contribution in [3.8, 4) is 0 Å². The summed E-state index contributed by atoms with van der Waals surface area (Å²) in [5.41, 5.74) is 6.63. The Kier molecular flexibility index (Phi) is 4.33. The number of hydrogen-bond acceptors (Lipinski definition) is 1. The van der Waals surface area contributed by atoms with Gasteiger partial charge in [-0.15, -0.1) is 0 Å². The first-order valence-electron chi connectivity index (χ1n) is 4.86. The number of halogens is 1. The average Bonchev–Trinajstić information content (AvgIpc) is 2.15. The van der Waals surface area contributed by atoms with Crippen molar-refractivity contribution in [2.24, 2.45) is 5.73 Å². The summed E-state index contributed by atoms with van der Waals surface area (Å²) in [7, 11) is 0. The third-order valence-corrected chi connectivity index (χ3v) is 1.97. The largest absolute Gasteiger partial charge is 0.328 e. The van der Waals surface area contributed by atoms with Crippen LogP contribution in [0.25, 0.3) is 6.08 Å². The van der Waals surface area contributed by atoms with Gasteiger partial charge in [0.05, 0.1) is 0 Å². The molecule has 14 heavy (non-hydrogen) atoms. The van der Waals surface area contributed by atoms with E-state index in [-0.39, 0.29) is 11.9 Å². The molecule has 0 saturated heterocycles. The van der Waals surface area contributed by atoms with Crippen LogP contribution in [0.1, 0.15) is 25.3 Å². The highest BCUT2D eigenvalue weighted by Crippen LogP contribution is 2.06. The van der Waals surface area contributed by atoms with Crippen LogP contribution in [0.15, 0.2) is 30.3 Å². The predicted molar refractivity (Wildman–Crippen MR) is 58.3 cm³/mol. The topological polar surface area (TPSA) is 26.0 Å². The molecule has 1 nitrogen and oxygen atoms in total. The summed E-state index contributed by atoms with van der Waals surface area (Å²) in [5, 5.41) is 0. The highest BCUT2D eigenvalue weighted by atomic mass is 19.1. The monoisotopic (exact) mass is 193 g/mol. The summed E-state index contributed by atoms with van der Waals surface area (Å²) in [4.78, 5) is 0. The zero-order valence-corrected chi connectivity index (χ0v) is 8.41. The second kappa shape index (κ2) is 5.55. The molecule has 76 valence electrons. The van der Waals surface area contributed by atoms with E-state index < -0.39 is 0 Å². The van der Waals surface area contributed by atoms with E-state index in [1.807, 2.05) is 13.0 Å². The van der Waals surface area contributed by atoms with Gasteiger partial charge in [-0.05, 0) is 37.5 Å². The Balaban J connectivity index is 2.40.